The molecule has 1 atom stereocenters. The van der Waals surface area contributed by atoms with Crippen LogP contribution >= 0.6 is 0 Å². The SMILES string of the molecule is c1ccc(-c2cnnc(N3CCCC(CN4CCCC4)C3)n2)cc1. The van der Waals surface area contributed by atoms with Gasteiger partial charge in [-0.05, 0) is 44.7 Å². The Morgan fingerprint density at radius 3 is 2.67 bits per heavy atom. The van der Waals surface area contributed by atoms with E-state index in [9.17, 15) is 0 Å². The van der Waals surface area contributed by atoms with E-state index < -0.39 is 0 Å². The second-order valence-electron chi connectivity index (χ2n) is 6.97. The Morgan fingerprint density at radius 2 is 1.83 bits per heavy atom. The number of nitrogens with zero attached hydrogens (tertiary/aromatic N) is 5. The average molecular weight is 323 g/mol. The molecule has 0 spiro atoms. The summed E-state index contributed by atoms with van der Waals surface area (Å²) in [5.41, 5.74) is 2.00. The number of likely N-dealkylation sites (tertiary alicyclic amines) is 1. The van der Waals surface area contributed by atoms with Gasteiger partial charge in [0, 0.05) is 25.2 Å². The smallest absolute Gasteiger partial charge is 0.245 e. The third kappa shape index (κ3) is 3.56. The van der Waals surface area contributed by atoms with Crippen molar-refractivity contribution in [1.29, 1.82) is 0 Å². The van der Waals surface area contributed by atoms with E-state index in [4.69, 9.17) is 4.98 Å². The summed E-state index contributed by atoms with van der Waals surface area (Å²) in [6, 6.07) is 10.2. The summed E-state index contributed by atoms with van der Waals surface area (Å²) in [5, 5.41) is 8.51. The van der Waals surface area contributed by atoms with E-state index in [1.54, 1.807) is 6.20 Å². The number of hydrogen-bond acceptors (Lipinski definition) is 5. The lowest BCUT2D eigenvalue weighted by Gasteiger charge is -2.34. The van der Waals surface area contributed by atoms with Crippen LogP contribution in [0.25, 0.3) is 11.3 Å². The predicted molar refractivity (Wildman–Crippen MR) is 95.9 cm³/mol. The number of aromatic nitrogens is 3. The third-order valence-corrected chi connectivity index (χ3v) is 5.13. The number of anilines is 1. The van der Waals surface area contributed by atoms with Crippen LogP contribution in [0.3, 0.4) is 0 Å². The van der Waals surface area contributed by atoms with Crippen LogP contribution in [0.1, 0.15) is 25.7 Å². The molecule has 4 rings (SSSR count). The summed E-state index contributed by atoms with van der Waals surface area (Å²) < 4.78 is 0. The van der Waals surface area contributed by atoms with Crippen LogP contribution in [0.4, 0.5) is 5.95 Å². The van der Waals surface area contributed by atoms with E-state index >= 15 is 0 Å². The van der Waals surface area contributed by atoms with Crippen LogP contribution in [0.5, 0.6) is 0 Å². The van der Waals surface area contributed by atoms with Gasteiger partial charge in [-0.25, -0.2) is 4.98 Å². The van der Waals surface area contributed by atoms with Gasteiger partial charge in [0.15, 0.2) is 0 Å². The van der Waals surface area contributed by atoms with Crippen molar-refractivity contribution >= 4 is 5.95 Å². The van der Waals surface area contributed by atoms with Crippen molar-refractivity contribution < 1.29 is 0 Å². The molecule has 0 amide bonds. The monoisotopic (exact) mass is 323 g/mol. The number of hydrogen-bond donors (Lipinski definition) is 0. The topological polar surface area (TPSA) is 45.2 Å². The third-order valence-electron chi connectivity index (χ3n) is 5.13. The second kappa shape index (κ2) is 7.26. The standard InChI is InChI=1S/C19H25N5/c1-2-8-17(9-3-1)18-13-20-22-19(21-18)24-12-6-7-16(15-24)14-23-10-4-5-11-23/h1-3,8-9,13,16H,4-7,10-12,14-15H2. The molecule has 3 heterocycles. The van der Waals surface area contributed by atoms with Crippen LogP contribution in [0.15, 0.2) is 36.5 Å². The van der Waals surface area contributed by atoms with Crippen LogP contribution in [-0.4, -0.2) is 52.8 Å². The quantitative estimate of drug-likeness (QED) is 0.866. The Bertz CT molecular complexity index is 654. The van der Waals surface area contributed by atoms with Gasteiger partial charge in [-0.15, -0.1) is 5.10 Å². The number of rotatable bonds is 4. The van der Waals surface area contributed by atoms with Crippen molar-refractivity contribution in [3.8, 4) is 11.3 Å². The first kappa shape index (κ1) is 15.5. The van der Waals surface area contributed by atoms with Crippen molar-refractivity contribution in [2.45, 2.75) is 25.7 Å². The maximum Gasteiger partial charge on any atom is 0.245 e. The van der Waals surface area contributed by atoms with Crippen LogP contribution in [0.2, 0.25) is 0 Å². The van der Waals surface area contributed by atoms with E-state index in [1.165, 1.54) is 45.3 Å². The van der Waals surface area contributed by atoms with E-state index in [0.717, 1.165) is 36.2 Å². The van der Waals surface area contributed by atoms with Gasteiger partial charge in [0.1, 0.15) is 0 Å². The first-order valence-corrected chi connectivity index (χ1v) is 9.11. The molecule has 1 aromatic heterocycles. The summed E-state index contributed by atoms with van der Waals surface area (Å²) >= 11 is 0. The molecule has 1 unspecified atom stereocenters. The Balaban J connectivity index is 1.46. The summed E-state index contributed by atoms with van der Waals surface area (Å²) in [7, 11) is 0. The average Bonchev–Trinajstić information content (AvgIpc) is 3.16. The van der Waals surface area contributed by atoms with Gasteiger partial charge >= 0.3 is 0 Å². The van der Waals surface area contributed by atoms with Crippen molar-refractivity contribution in [1.82, 2.24) is 20.1 Å². The Kier molecular flexibility index (Phi) is 4.69. The minimum absolute atomic E-state index is 0.723. The zero-order valence-electron chi connectivity index (χ0n) is 14.1. The summed E-state index contributed by atoms with van der Waals surface area (Å²) in [6.07, 6.45) is 7.02. The fourth-order valence-electron chi connectivity index (χ4n) is 3.90. The molecule has 2 aromatic rings. The van der Waals surface area contributed by atoms with Gasteiger partial charge in [0.05, 0.1) is 11.9 Å². The predicted octanol–water partition coefficient (Wildman–Crippen LogP) is 2.85. The zero-order chi connectivity index (χ0) is 16.2. The zero-order valence-corrected chi connectivity index (χ0v) is 14.1. The Morgan fingerprint density at radius 1 is 1.00 bits per heavy atom. The maximum atomic E-state index is 4.77. The summed E-state index contributed by atoms with van der Waals surface area (Å²) in [5.74, 6) is 1.50. The molecule has 2 aliphatic rings. The molecule has 2 saturated heterocycles. The molecule has 0 saturated carbocycles. The molecule has 0 radical (unpaired) electrons. The minimum Gasteiger partial charge on any atom is -0.339 e. The van der Waals surface area contributed by atoms with Crippen LogP contribution < -0.4 is 4.90 Å². The van der Waals surface area contributed by atoms with Gasteiger partial charge in [-0.1, -0.05) is 30.3 Å². The van der Waals surface area contributed by atoms with E-state index in [0.29, 0.717) is 0 Å². The lowest BCUT2D eigenvalue weighted by atomic mass is 9.98. The second-order valence-corrected chi connectivity index (χ2v) is 6.97. The summed E-state index contributed by atoms with van der Waals surface area (Å²) in [6.45, 7) is 5.87. The molecule has 0 aliphatic carbocycles. The first-order chi connectivity index (χ1) is 11.9. The Hall–Kier alpha value is -2.01. The van der Waals surface area contributed by atoms with Crippen LogP contribution in [0, 0.1) is 5.92 Å². The Labute approximate surface area is 143 Å². The summed E-state index contributed by atoms with van der Waals surface area (Å²) in [4.78, 5) is 9.71. The highest BCUT2D eigenvalue weighted by Gasteiger charge is 2.25. The first-order valence-electron chi connectivity index (χ1n) is 9.11. The lowest BCUT2D eigenvalue weighted by molar-refractivity contribution is 0.254. The largest absolute Gasteiger partial charge is 0.339 e. The fraction of sp³-hybridized carbons (Fsp3) is 0.526. The van der Waals surface area contributed by atoms with Gasteiger partial charge in [-0.2, -0.15) is 5.10 Å². The van der Waals surface area contributed by atoms with E-state index in [-0.39, 0.29) is 0 Å². The van der Waals surface area contributed by atoms with Crippen molar-refractivity contribution in [2.75, 3.05) is 37.6 Å². The highest BCUT2D eigenvalue weighted by Crippen LogP contribution is 2.24. The molecule has 5 heteroatoms. The molecule has 24 heavy (non-hydrogen) atoms. The molecule has 2 fully saturated rings. The number of piperidine rings is 1. The highest BCUT2D eigenvalue weighted by molar-refractivity contribution is 5.58. The maximum absolute atomic E-state index is 4.77. The molecule has 0 bridgehead atoms. The molecule has 0 N–H and O–H groups in total. The van der Waals surface area contributed by atoms with Gasteiger partial charge in [0.25, 0.3) is 0 Å². The molecule has 5 nitrogen and oxygen atoms in total. The minimum atomic E-state index is 0.723. The highest BCUT2D eigenvalue weighted by atomic mass is 15.3. The fourth-order valence-corrected chi connectivity index (χ4v) is 3.90. The van der Waals surface area contributed by atoms with Crippen molar-refractivity contribution in [2.24, 2.45) is 5.92 Å². The molecular formula is C19H25N5. The van der Waals surface area contributed by atoms with Gasteiger partial charge in [-0.3, -0.25) is 0 Å². The normalized spacial score (nSPS) is 22.0. The van der Waals surface area contributed by atoms with Crippen molar-refractivity contribution in [3.63, 3.8) is 0 Å². The van der Waals surface area contributed by atoms with E-state index in [2.05, 4.69) is 32.1 Å². The molecule has 1 aromatic carbocycles. The lowest BCUT2D eigenvalue weighted by Crippen LogP contribution is -2.41. The van der Waals surface area contributed by atoms with Crippen molar-refractivity contribution in [3.05, 3.63) is 36.5 Å². The number of benzene rings is 1. The van der Waals surface area contributed by atoms with E-state index in [1.807, 2.05) is 18.2 Å². The van der Waals surface area contributed by atoms with Gasteiger partial charge < -0.3 is 9.80 Å². The van der Waals surface area contributed by atoms with Gasteiger partial charge in [0.2, 0.25) is 5.95 Å². The molecule has 2 aliphatic heterocycles. The molecule has 126 valence electrons. The van der Waals surface area contributed by atoms with Crippen LogP contribution in [-0.2, 0) is 0 Å². The molecular weight excluding hydrogens is 298 g/mol.